The van der Waals surface area contributed by atoms with Crippen molar-refractivity contribution in [1.29, 1.82) is 0 Å². The number of rotatable bonds is 20. The van der Waals surface area contributed by atoms with Crippen molar-refractivity contribution in [1.82, 2.24) is 5.32 Å². The van der Waals surface area contributed by atoms with Gasteiger partial charge < -0.3 is 85.1 Å². The van der Waals surface area contributed by atoms with Gasteiger partial charge in [0.1, 0.15) is 49.3 Å². The minimum absolute atomic E-state index is 0.0458. The van der Waals surface area contributed by atoms with E-state index >= 15 is 0 Å². The quantitative estimate of drug-likeness (QED) is 0.0451. The SMILES string of the molecule is COCC1C(COC2OC(CO)C(O)C(O)C2O)OC(OC(CNCCN)C(CO)OC(CO)C(=O)OCc2ccccc2)C(O)C1O. The Hall–Kier alpha value is -1.95. The third kappa shape index (κ3) is 11.0. The van der Waals surface area contributed by atoms with Crippen molar-refractivity contribution in [2.24, 2.45) is 11.7 Å². The Morgan fingerprint density at radius 1 is 0.875 bits per heavy atom. The summed E-state index contributed by atoms with van der Waals surface area (Å²) >= 11 is 0. The molecule has 3 rings (SSSR count). The molecule has 18 heteroatoms. The molecule has 0 aromatic heterocycles. The summed E-state index contributed by atoms with van der Waals surface area (Å²) in [6.07, 6.45) is -17.5. The fraction of sp³-hybridized carbons (Fsp3) is 0.767. The van der Waals surface area contributed by atoms with E-state index in [4.69, 9.17) is 38.9 Å². The average molecular weight is 695 g/mol. The number of aliphatic hydroxyl groups is 8. The van der Waals surface area contributed by atoms with Gasteiger partial charge in [-0.25, -0.2) is 4.79 Å². The van der Waals surface area contributed by atoms with E-state index in [9.17, 15) is 45.6 Å². The maximum absolute atomic E-state index is 12.8. The number of aliphatic hydroxyl groups excluding tert-OH is 8. The number of carbonyl (C=O) groups is 1. The highest BCUT2D eigenvalue weighted by Crippen LogP contribution is 2.30. The van der Waals surface area contributed by atoms with Crippen molar-refractivity contribution in [3.63, 3.8) is 0 Å². The van der Waals surface area contributed by atoms with Crippen LogP contribution in [0, 0.1) is 5.92 Å². The van der Waals surface area contributed by atoms with Crippen LogP contribution in [-0.4, -0.2) is 180 Å². The van der Waals surface area contributed by atoms with Crippen LogP contribution in [0.25, 0.3) is 0 Å². The Morgan fingerprint density at radius 2 is 1.56 bits per heavy atom. The molecule has 0 amide bonds. The summed E-state index contributed by atoms with van der Waals surface area (Å²) in [6.45, 7) is -2.28. The Kier molecular flexibility index (Phi) is 17.4. The van der Waals surface area contributed by atoms with Gasteiger partial charge in [0.05, 0.1) is 45.2 Å². The minimum Gasteiger partial charge on any atom is -0.459 e. The van der Waals surface area contributed by atoms with Crippen LogP contribution in [0.3, 0.4) is 0 Å². The zero-order chi connectivity index (χ0) is 35.2. The summed E-state index contributed by atoms with van der Waals surface area (Å²) in [7, 11) is 1.36. The molecule has 0 aliphatic carbocycles. The number of nitrogens with two attached hydrogens (primary N) is 1. The minimum atomic E-state index is -1.70. The molecule has 0 radical (unpaired) electrons. The zero-order valence-corrected chi connectivity index (χ0v) is 26.7. The fourth-order valence-corrected chi connectivity index (χ4v) is 5.30. The lowest BCUT2D eigenvalue weighted by molar-refractivity contribution is -0.336. The molecule has 0 spiro atoms. The van der Waals surface area contributed by atoms with Gasteiger partial charge in [0.15, 0.2) is 18.7 Å². The van der Waals surface area contributed by atoms with E-state index in [-0.39, 0.29) is 26.3 Å². The molecule has 18 nitrogen and oxygen atoms in total. The molecule has 1 aromatic rings. The van der Waals surface area contributed by atoms with Crippen molar-refractivity contribution in [2.75, 3.05) is 59.8 Å². The first-order valence-electron chi connectivity index (χ1n) is 15.7. The van der Waals surface area contributed by atoms with E-state index in [2.05, 4.69) is 5.32 Å². The number of esters is 1. The molecular formula is C30H50N2O16. The van der Waals surface area contributed by atoms with Gasteiger partial charge in [0.2, 0.25) is 0 Å². The van der Waals surface area contributed by atoms with Gasteiger partial charge >= 0.3 is 5.97 Å². The predicted octanol–water partition coefficient (Wildman–Crippen LogP) is -5.07. The van der Waals surface area contributed by atoms with Gasteiger partial charge in [0, 0.05) is 32.7 Å². The van der Waals surface area contributed by atoms with Crippen molar-refractivity contribution >= 4 is 5.97 Å². The van der Waals surface area contributed by atoms with E-state index in [1.54, 1.807) is 30.3 Å². The van der Waals surface area contributed by atoms with Gasteiger partial charge in [-0.15, -0.1) is 0 Å². The predicted molar refractivity (Wildman–Crippen MR) is 162 cm³/mol. The lowest BCUT2D eigenvalue weighted by atomic mass is 9.89. The Balaban J connectivity index is 1.74. The van der Waals surface area contributed by atoms with Crippen LogP contribution in [-0.2, 0) is 44.6 Å². The van der Waals surface area contributed by atoms with Gasteiger partial charge in [-0.1, -0.05) is 30.3 Å². The van der Waals surface area contributed by atoms with Crippen LogP contribution in [0.15, 0.2) is 30.3 Å². The highest BCUT2D eigenvalue weighted by molar-refractivity contribution is 5.74. The molecule has 2 fully saturated rings. The molecule has 276 valence electrons. The smallest absolute Gasteiger partial charge is 0.338 e. The fourth-order valence-electron chi connectivity index (χ4n) is 5.30. The molecule has 13 atom stereocenters. The maximum Gasteiger partial charge on any atom is 0.338 e. The van der Waals surface area contributed by atoms with Crippen molar-refractivity contribution in [3.05, 3.63) is 35.9 Å². The monoisotopic (exact) mass is 694 g/mol. The van der Waals surface area contributed by atoms with Crippen LogP contribution < -0.4 is 11.1 Å². The molecule has 2 heterocycles. The molecule has 0 saturated carbocycles. The van der Waals surface area contributed by atoms with Gasteiger partial charge in [-0.2, -0.15) is 0 Å². The lowest BCUT2D eigenvalue weighted by Gasteiger charge is -2.45. The molecule has 2 aliphatic heterocycles. The first-order valence-corrected chi connectivity index (χ1v) is 15.7. The summed E-state index contributed by atoms with van der Waals surface area (Å²) in [5.41, 5.74) is 6.30. The number of ether oxygens (including phenoxy) is 7. The first kappa shape index (κ1) is 40.5. The second-order valence-electron chi connectivity index (χ2n) is 11.5. The largest absolute Gasteiger partial charge is 0.459 e. The lowest BCUT2D eigenvalue weighted by Crippen LogP contribution is -2.61. The van der Waals surface area contributed by atoms with Gasteiger partial charge in [0.25, 0.3) is 0 Å². The summed E-state index contributed by atoms with van der Waals surface area (Å²) in [6, 6.07) is 8.82. The van der Waals surface area contributed by atoms with E-state index in [0.717, 1.165) is 0 Å². The molecule has 11 N–H and O–H groups in total. The number of hydrogen-bond acceptors (Lipinski definition) is 18. The van der Waals surface area contributed by atoms with Gasteiger partial charge in [-0.05, 0) is 5.56 Å². The highest BCUT2D eigenvalue weighted by atomic mass is 16.7. The number of benzene rings is 1. The van der Waals surface area contributed by atoms with E-state index in [1.807, 2.05) is 0 Å². The average Bonchev–Trinajstić information content (AvgIpc) is 3.10. The van der Waals surface area contributed by atoms with Crippen molar-refractivity contribution < 1.29 is 78.8 Å². The van der Waals surface area contributed by atoms with Crippen molar-refractivity contribution in [2.45, 2.75) is 80.2 Å². The van der Waals surface area contributed by atoms with Crippen LogP contribution in [0.5, 0.6) is 0 Å². The van der Waals surface area contributed by atoms with E-state index in [0.29, 0.717) is 12.1 Å². The summed E-state index contributed by atoms with van der Waals surface area (Å²) in [4.78, 5) is 12.8. The Bertz CT molecular complexity index is 1040. The molecule has 13 unspecified atom stereocenters. The third-order valence-corrected chi connectivity index (χ3v) is 8.05. The zero-order valence-electron chi connectivity index (χ0n) is 26.7. The van der Waals surface area contributed by atoms with Crippen molar-refractivity contribution in [3.8, 4) is 0 Å². The Labute approximate surface area is 277 Å². The summed E-state index contributed by atoms with van der Waals surface area (Å²) in [5, 5.41) is 85.2. The molecule has 2 saturated heterocycles. The second kappa shape index (κ2) is 20.7. The highest BCUT2D eigenvalue weighted by Gasteiger charge is 2.49. The summed E-state index contributed by atoms with van der Waals surface area (Å²) < 4.78 is 39.2. The van der Waals surface area contributed by atoms with Crippen LogP contribution in [0.4, 0.5) is 0 Å². The topological polar surface area (TPSA) is 282 Å². The first-order chi connectivity index (χ1) is 23.1. The van der Waals surface area contributed by atoms with Crippen LogP contribution in [0.1, 0.15) is 5.56 Å². The van der Waals surface area contributed by atoms with E-state index in [1.165, 1.54) is 7.11 Å². The molecular weight excluding hydrogens is 644 g/mol. The number of carbonyl (C=O) groups excluding carboxylic acids is 1. The molecule has 2 aliphatic rings. The standard InChI is InChI=1S/C30H50N2O16/c1-42-14-17-22(15-44-29-27(40)25(38)24(37)20(11-34)47-29)48-30(26(39)23(17)36)46-18(9-32-8-7-31)19(10-33)45-21(12-35)28(41)43-13-16-5-3-2-4-6-16/h2-6,17-27,29-30,32-40H,7-15,31H2,1H3. The van der Waals surface area contributed by atoms with Crippen LogP contribution >= 0.6 is 0 Å². The normalized spacial score (nSPS) is 32.8. The number of methoxy groups -OCH3 is 1. The summed E-state index contributed by atoms with van der Waals surface area (Å²) in [5.74, 6) is -1.79. The molecule has 0 bridgehead atoms. The number of hydrogen-bond donors (Lipinski definition) is 10. The third-order valence-electron chi connectivity index (χ3n) is 8.05. The maximum atomic E-state index is 12.8. The number of nitrogens with one attached hydrogen (secondary N) is 1. The molecule has 48 heavy (non-hydrogen) atoms. The van der Waals surface area contributed by atoms with E-state index < -0.39 is 112 Å². The molecule has 1 aromatic carbocycles. The second-order valence-corrected chi connectivity index (χ2v) is 11.5. The van der Waals surface area contributed by atoms with Gasteiger partial charge in [-0.3, -0.25) is 0 Å². The van der Waals surface area contributed by atoms with Crippen LogP contribution in [0.2, 0.25) is 0 Å². The Morgan fingerprint density at radius 3 is 2.19 bits per heavy atom.